The molecule has 0 aromatic heterocycles. The minimum Gasteiger partial charge on any atom is -0.0587 e. The maximum Gasteiger partial charge on any atom is -0.00921 e. The Morgan fingerprint density at radius 3 is 0.581 bits per heavy atom. The summed E-state index contributed by atoms with van der Waals surface area (Å²) < 4.78 is 0. The zero-order chi connectivity index (χ0) is 42.8. The molecule has 0 saturated carbocycles. The lowest BCUT2D eigenvalue weighted by Crippen LogP contribution is -1.95. The molecular weight excluding hydrogens is 745 g/mol. The summed E-state index contributed by atoms with van der Waals surface area (Å²) in [5.41, 5.74) is 25.0. The van der Waals surface area contributed by atoms with Gasteiger partial charge in [0, 0.05) is 0 Å². The summed E-state index contributed by atoms with van der Waals surface area (Å²) in [7, 11) is 0. The lowest BCUT2D eigenvalue weighted by molar-refractivity contribution is 1.34. The number of benzene rings is 10. The Morgan fingerprint density at radius 1 is 0.177 bits per heavy atom. The van der Waals surface area contributed by atoms with E-state index in [1.807, 2.05) is 0 Å². The molecule has 0 aliphatic heterocycles. The van der Waals surface area contributed by atoms with Crippen LogP contribution in [0.3, 0.4) is 0 Å². The predicted molar refractivity (Wildman–Crippen MR) is 269 cm³/mol. The second-order valence-electron chi connectivity index (χ2n) is 17.9. The number of hydrogen-bond donors (Lipinski definition) is 0. The largest absolute Gasteiger partial charge is 0.0587 e. The van der Waals surface area contributed by atoms with E-state index in [1.54, 1.807) is 0 Å². The van der Waals surface area contributed by atoms with E-state index >= 15 is 0 Å². The van der Waals surface area contributed by atoms with Gasteiger partial charge >= 0.3 is 0 Å². The second-order valence-corrected chi connectivity index (χ2v) is 17.9. The molecule has 0 aliphatic carbocycles. The van der Waals surface area contributed by atoms with E-state index in [0.29, 0.717) is 0 Å². The molecule has 0 heterocycles. The van der Waals surface area contributed by atoms with Crippen LogP contribution in [0.15, 0.2) is 170 Å². The van der Waals surface area contributed by atoms with Crippen molar-refractivity contribution in [3.8, 4) is 66.8 Å². The predicted octanol–water partition coefficient (Wildman–Crippen LogP) is 17.6. The van der Waals surface area contributed by atoms with Crippen molar-refractivity contribution < 1.29 is 0 Å². The molecule has 10 aromatic carbocycles. The van der Waals surface area contributed by atoms with Crippen LogP contribution in [0.1, 0.15) is 44.5 Å². The summed E-state index contributed by atoms with van der Waals surface area (Å²) in [6.45, 7) is 17.6. The quantitative estimate of drug-likeness (QED) is 0.147. The highest BCUT2D eigenvalue weighted by Gasteiger charge is 2.21. The molecule has 0 bridgehead atoms. The van der Waals surface area contributed by atoms with Crippen LogP contribution in [0.4, 0.5) is 0 Å². The second kappa shape index (κ2) is 15.5. The summed E-state index contributed by atoms with van der Waals surface area (Å²) in [5, 5.41) is 7.55. The van der Waals surface area contributed by atoms with Crippen LogP contribution < -0.4 is 0 Å². The van der Waals surface area contributed by atoms with Crippen molar-refractivity contribution in [2.75, 3.05) is 0 Å². The van der Waals surface area contributed by atoms with Crippen molar-refractivity contribution in [2.45, 2.75) is 55.4 Å². The van der Waals surface area contributed by atoms with Crippen LogP contribution in [-0.4, -0.2) is 0 Å². The van der Waals surface area contributed by atoms with Gasteiger partial charge in [-0.1, -0.05) is 156 Å². The van der Waals surface area contributed by atoms with Gasteiger partial charge < -0.3 is 0 Å². The van der Waals surface area contributed by atoms with E-state index < -0.39 is 0 Å². The smallest absolute Gasteiger partial charge is 0.00921 e. The van der Waals surface area contributed by atoms with E-state index in [9.17, 15) is 0 Å². The third-order valence-electron chi connectivity index (χ3n) is 13.4. The summed E-state index contributed by atoms with van der Waals surface area (Å²) in [6.07, 6.45) is 0. The zero-order valence-corrected chi connectivity index (χ0v) is 37.2. The fraction of sp³-hybridized carbons (Fsp3) is 0.129. The lowest BCUT2D eigenvalue weighted by atomic mass is 9.82. The topological polar surface area (TPSA) is 0 Å². The fourth-order valence-corrected chi connectivity index (χ4v) is 9.32. The molecule has 10 aromatic rings. The maximum atomic E-state index is 2.50. The summed E-state index contributed by atoms with van der Waals surface area (Å²) in [6, 6.07) is 65.2. The first kappa shape index (κ1) is 39.1. The van der Waals surface area contributed by atoms with Gasteiger partial charge in [0.1, 0.15) is 0 Å². The average molecular weight is 797 g/mol. The third kappa shape index (κ3) is 7.00. The minimum absolute atomic E-state index is 1.22. The van der Waals surface area contributed by atoms with E-state index in [4.69, 9.17) is 0 Å². The fourth-order valence-electron chi connectivity index (χ4n) is 9.32. The van der Waals surface area contributed by atoms with Crippen molar-refractivity contribution in [3.63, 3.8) is 0 Å². The highest BCUT2D eigenvalue weighted by atomic mass is 14.2. The van der Waals surface area contributed by atoms with E-state index in [0.717, 1.165) is 0 Å². The van der Waals surface area contributed by atoms with Gasteiger partial charge in [0.15, 0.2) is 0 Å². The van der Waals surface area contributed by atoms with Gasteiger partial charge in [-0.2, -0.15) is 0 Å². The SMILES string of the molecule is Cc1ccc(-c2cc3c(cc2-c2ccc(C)cc2)c2cc(-c4ccc(C)c(C)c4)c(-c4ccc(C)cc4)cc2c2cc(-c4ccc(C)cc4)c(-c4ccc(C)c(C)c4)cc32)cc1. The average Bonchev–Trinajstić information content (AvgIpc) is 3.28. The molecule has 0 spiro atoms. The summed E-state index contributed by atoms with van der Waals surface area (Å²) >= 11 is 0. The monoisotopic (exact) mass is 796 g/mol. The Kier molecular flexibility index (Phi) is 9.76. The highest BCUT2D eigenvalue weighted by Crippen LogP contribution is 2.48. The Labute approximate surface area is 367 Å². The molecule has 0 atom stereocenters. The zero-order valence-electron chi connectivity index (χ0n) is 37.2. The molecule has 0 aliphatic rings. The number of rotatable bonds is 6. The van der Waals surface area contributed by atoms with E-state index in [1.165, 1.54) is 144 Å². The molecule has 0 amide bonds. The lowest BCUT2D eigenvalue weighted by Gasteiger charge is -2.21. The Balaban J connectivity index is 1.42. The Hall–Kier alpha value is -7.02. The standard InChI is InChI=1S/C62H52/c1-37-9-19-45(20-10-37)51-31-57-58(32-52(51)46-21-11-38(2)12-22-46)62-36-56(50-28-18-42(6)44(8)30-50)54(48-25-15-40(4)16-26-48)34-60(62)59-33-53(47-23-13-39(3)14-24-47)55(35-61(57)59)49-27-17-41(5)43(7)29-49/h9-36H,1-8H3. The van der Waals surface area contributed by atoms with Crippen LogP contribution in [0.2, 0.25) is 0 Å². The third-order valence-corrected chi connectivity index (χ3v) is 13.4. The number of hydrogen-bond acceptors (Lipinski definition) is 0. The van der Waals surface area contributed by atoms with Crippen molar-refractivity contribution in [3.05, 3.63) is 214 Å². The van der Waals surface area contributed by atoms with Gasteiger partial charge in [-0.25, -0.2) is 0 Å². The van der Waals surface area contributed by atoms with Gasteiger partial charge in [-0.3, -0.25) is 0 Å². The molecule has 10 rings (SSSR count). The van der Waals surface area contributed by atoms with Gasteiger partial charge in [0.05, 0.1) is 0 Å². The van der Waals surface area contributed by atoms with Crippen LogP contribution >= 0.6 is 0 Å². The van der Waals surface area contributed by atoms with Crippen LogP contribution in [0.25, 0.3) is 99.1 Å². The van der Waals surface area contributed by atoms with Gasteiger partial charge in [-0.05, 0) is 213 Å². The molecular formula is C62H52. The molecule has 0 fully saturated rings. The number of fused-ring (bicyclic) bond motifs is 6. The highest BCUT2D eigenvalue weighted by molar-refractivity contribution is 6.29. The first-order valence-corrected chi connectivity index (χ1v) is 22.0. The molecule has 0 heteroatoms. The number of aryl methyl sites for hydroxylation is 8. The van der Waals surface area contributed by atoms with Gasteiger partial charge in [0.2, 0.25) is 0 Å². The Bertz CT molecular complexity index is 3110. The maximum absolute atomic E-state index is 2.50. The minimum atomic E-state index is 1.22. The van der Waals surface area contributed by atoms with Crippen molar-refractivity contribution in [1.29, 1.82) is 0 Å². The molecule has 300 valence electrons. The van der Waals surface area contributed by atoms with Crippen LogP contribution in [-0.2, 0) is 0 Å². The molecule has 0 saturated heterocycles. The Morgan fingerprint density at radius 2 is 0.371 bits per heavy atom. The summed E-state index contributed by atoms with van der Waals surface area (Å²) in [4.78, 5) is 0. The van der Waals surface area contributed by atoms with Crippen molar-refractivity contribution in [1.82, 2.24) is 0 Å². The first-order valence-electron chi connectivity index (χ1n) is 22.0. The first-order chi connectivity index (χ1) is 30.0. The molecule has 0 N–H and O–H groups in total. The van der Waals surface area contributed by atoms with Crippen molar-refractivity contribution in [2.24, 2.45) is 0 Å². The van der Waals surface area contributed by atoms with Gasteiger partial charge in [0.25, 0.3) is 0 Å². The normalized spacial score (nSPS) is 11.5. The molecule has 0 radical (unpaired) electrons. The molecule has 0 unspecified atom stereocenters. The molecule has 62 heavy (non-hydrogen) atoms. The summed E-state index contributed by atoms with van der Waals surface area (Å²) in [5.74, 6) is 0. The van der Waals surface area contributed by atoms with Crippen molar-refractivity contribution >= 4 is 32.3 Å². The van der Waals surface area contributed by atoms with E-state index in [-0.39, 0.29) is 0 Å². The van der Waals surface area contributed by atoms with Crippen LogP contribution in [0.5, 0.6) is 0 Å². The van der Waals surface area contributed by atoms with Crippen LogP contribution in [0, 0.1) is 55.4 Å². The molecule has 0 nitrogen and oxygen atoms in total. The van der Waals surface area contributed by atoms with Gasteiger partial charge in [-0.15, -0.1) is 0 Å². The van der Waals surface area contributed by atoms with E-state index in [2.05, 4.69) is 225 Å².